The highest BCUT2D eigenvalue weighted by Crippen LogP contribution is 2.18. The Bertz CT molecular complexity index is 1110. The number of rotatable bonds is 10. The van der Waals surface area contributed by atoms with Crippen molar-refractivity contribution in [2.24, 2.45) is 0 Å². The minimum atomic E-state index is -0.190. The fourth-order valence-electron chi connectivity index (χ4n) is 3.14. The smallest absolute Gasteiger partial charge is 0.258 e. The van der Waals surface area contributed by atoms with Crippen molar-refractivity contribution in [2.45, 2.75) is 19.7 Å². The van der Waals surface area contributed by atoms with Gasteiger partial charge in [-0.2, -0.15) is 5.10 Å². The molecular weight excluding hydrogens is 404 g/mol. The topological polar surface area (TPSA) is 78.3 Å². The number of carbonyl (C=O) groups excluding carboxylic acids is 1. The van der Waals surface area contributed by atoms with Crippen molar-refractivity contribution >= 4 is 5.91 Å². The Morgan fingerprint density at radius 3 is 2.25 bits per heavy atom. The largest absolute Gasteiger partial charge is 0.489 e. The van der Waals surface area contributed by atoms with E-state index < -0.39 is 0 Å². The molecule has 0 atom stereocenters. The molecule has 32 heavy (non-hydrogen) atoms. The summed E-state index contributed by atoms with van der Waals surface area (Å²) in [6.07, 6.45) is 3.17. The van der Waals surface area contributed by atoms with Gasteiger partial charge in [-0.05, 0) is 41.0 Å². The van der Waals surface area contributed by atoms with Crippen LogP contribution in [-0.4, -0.2) is 27.3 Å². The van der Waals surface area contributed by atoms with Crippen molar-refractivity contribution in [3.05, 3.63) is 108 Å². The number of carbonyl (C=O) groups is 1. The number of hydrogen-bond acceptors (Lipinski definition) is 5. The fraction of sp³-hybridized carbons (Fsp3) is 0.160. The molecule has 1 amide bonds. The van der Waals surface area contributed by atoms with E-state index in [4.69, 9.17) is 9.47 Å². The molecule has 0 bridgehead atoms. The summed E-state index contributed by atoms with van der Waals surface area (Å²) in [5.41, 5.74) is 3.20. The zero-order valence-electron chi connectivity index (χ0n) is 17.6. The van der Waals surface area contributed by atoms with Crippen LogP contribution in [-0.2, 0) is 24.5 Å². The molecule has 0 radical (unpaired) electrons. The van der Waals surface area contributed by atoms with Gasteiger partial charge < -0.3 is 14.8 Å². The van der Waals surface area contributed by atoms with Crippen molar-refractivity contribution in [3.8, 4) is 11.5 Å². The zero-order valence-corrected chi connectivity index (χ0v) is 17.6. The number of amides is 1. The summed E-state index contributed by atoms with van der Waals surface area (Å²) in [5.74, 6) is 1.17. The first-order chi connectivity index (χ1) is 15.8. The Labute approximate surface area is 186 Å². The molecular formula is C25H24N4O3. The van der Waals surface area contributed by atoms with Crippen LogP contribution in [0.5, 0.6) is 11.5 Å². The molecule has 1 aromatic heterocycles. The zero-order chi connectivity index (χ0) is 22.0. The number of aromatic nitrogens is 3. The van der Waals surface area contributed by atoms with Gasteiger partial charge in [-0.3, -0.25) is 4.79 Å². The Morgan fingerprint density at radius 2 is 1.53 bits per heavy atom. The van der Waals surface area contributed by atoms with Gasteiger partial charge in [0.05, 0.1) is 6.54 Å². The van der Waals surface area contributed by atoms with Gasteiger partial charge in [-0.25, -0.2) is 9.67 Å². The summed E-state index contributed by atoms with van der Waals surface area (Å²) in [5, 5.41) is 7.04. The Balaban J connectivity index is 1.22. The quantitative estimate of drug-likeness (QED) is 0.418. The molecule has 4 rings (SSSR count). The molecule has 162 valence electrons. The first-order valence-electron chi connectivity index (χ1n) is 10.3. The number of nitrogens with zero attached hydrogens (tertiary/aromatic N) is 3. The first kappa shape index (κ1) is 21.1. The monoisotopic (exact) mass is 428 g/mol. The molecule has 1 heterocycles. The molecule has 0 spiro atoms. The van der Waals surface area contributed by atoms with Gasteiger partial charge in [-0.1, -0.05) is 54.6 Å². The van der Waals surface area contributed by atoms with Gasteiger partial charge in [0.2, 0.25) is 0 Å². The Kier molecular flexibility index (Phi) is 7.10. The van der Waals surface area contributed by atoms with Gasteiger partial charge in [0.15, 0.2) is 6.61 Å². The number of benzene rings is 3. The number of ether oxygens (including phenoxy) is 2. The molecule has 0 unspecified atom stereocenters. The normalized spacial score (nSPS) is 10.5. The van der Waals surface area contributed by atoms with Gasteiger partial charge in [0.1, 0.15) is 30.8 Å². The van der Waals surface area contributed by atoms with Crippen LogP contribution in [0.3, 0.4) is 0 Å². The second-order valence-electron chi connectivity index (χ2n) is 7.17. The van der Waals surface area contributed by atoms with E-state index in [9.17, 15) is 4.79 Å². The van der Waals surface area contributed by atoms with Crippen LogP contribution in [0.25, 0.3) is 0 Å². The van der Waals surface area contributed by atoms with E-state index in [0.29, 0.717) is 25.4 Å². The van der Waals surface area contributed by atoms with Crippen molar-refractivity contribution in [3.63, 3.8) is 0 Å². The molecule has 0 aliphatic rings. The third kappa shape index (κ3) is 6.18. The molecule has 0 aliphatic heterocycles. The van der Waals surface area contributed by atoms with E-state index >= 15 is 0 Å². The maximum absolute atomic E-state index is 12.3. The summed E-state index contributed by atoms with van der Waals surface area (Å²) in [6.45, 7) is 1.46. The molecule has 3 aromatic carbocycles. The third-order valence-corrected chi connectivity index (χ3v) is 4.84. The maximum atomic E-state index is 12.3. The molecule has 0 aliphatic carbocycles. The maximum Gasteiger partial charge on any atom is 0.258 e. The Morgan fingerprint density at radius 1 is 0.844 bits per heavy atom. The lowest BCUT2D eigenvalue weighted by Crippen LogP contribution is -2.28. The standard InChI is InChI=1S/C25H24N4O3/c30-25(27-14-21-8-4-5-9-22(21)15-29-19-26-18-28-29)17-32-24-12-10-23(11-13-24)31-16-20-6-2-1-3-7-20/h1-13,18-19H,14-17H2,(H,27,30). The number of hydrogen-bond donors (Lipinski definition) is 1. The minimum Gasteiger partial charge on any atom is -0.489 e. The van der Waals surface area contributed by atoms with Crippen molar-refractivity contribution in [2.75, 3.05) is 6.61 Å². The van der Waals surface area contributed by atoms with Crippen molar-refractivity contribution in [1.82, 2.24) is 20.1 Å². The molecule has 4 aromatic rings. The van der Waals surface area contributed by atoms with E-state index in [0.717, 1.165) is 22.4 Å². The molecule has 7 nitrogen and oxygen atoms in total. The van der Waals surface area contributed by atoms with E-state index in [1.54, 1.807) is 23.1 Å². The first-order valence-corrected chi connectivity index (χ1v) is 10.3. The summed E-state index contributed by atoms with van der Waals surface area (Å²) in [7, 11) is 0. The summed E-state index contributed by atoms with van der Waals surface area (Å²) >= 11 is 0. The predicted molar refractivity (Wildman–Crippen MR) is 120 cm³/mol. The van der Waals surface area contributed by atoms with Crippen LogP contribution < -0.4 is 14.8 Å². The number of nitrogens with one attached hydrogen (secondary N) is 1. The van der Waals surface area contributed by atoms with Gasteiger partial charge >= 0.3 is 0 Å². The average molecular weight is 428 g/mol. The molecule has 0 saturated heterocycles. The van der Waals surface area contributed by atoms with E-state index in [2.05, 4.69) is 15.4 Å². The fourth-order valence-corrected chi connectivity index (χ4v) is 3.14. The van der Waals surface area contributed by atoms with E-state index in [1.165, 1.54) is 6.33 Å². The van der Waals surface area contributed by atoms with E-state index in [-0.39, 0.29) is 12.5 Å². The lowest BCUT2D eigenvalue weighted by Gasteiger charge is -2.12. The molecule has 0 saturated carbocycles. The van der Waals surface area contributed by atoms with Gasteiger partial charge in [0.25, 0.3) is 5.91 Å². The third-order valence-electron chi connectivity index (χ3n) is 4.84. The van der Waals surface area contributed by atoms with Crippen LogP contribution in [0.4, 0.5) is 0 Å². The summed E-state index contributed by atoms with van der Waals surface area (Å²) < 4.78 is 13.1. The lowest BCUT2D eigenvalue weighted by molar-refractivity contribution is -0.123. The van der Waals surface area contributed by atoms with Crippen LogP contribution in [0.15, 0.2) is 91.5 Å². The van der Waals surface area contributed by atoms with Gasteiger partial charge in [0, 0.05) is 6.54 Å². The van der Waals surface area contributed by atoms with Crippen LogP contribution >= 0.6 is 0 Å². The average Bonchev–Trinajstić information content (AvgIpc) is 3.35. The Hall–Kier alpha value is -4.13. The van der Waals surface area contributed by atoms with Crippen molar-refractivity contribution in [1.29, 1.82) is 0 Å². The predicted octanol–water partition coefficient (Wildman–Crippen LogP) is 3.60. The molecule has 1 N–H and O–H groups in total. The van der Waals surface area contributed by atoms with Crippen LogP contribution in [0.1, 0.15) is 16.7 Å². The van der Waals surface area contributed by atoms with Gasteiger partial charge in [-0.15, -0.1) is 0 Å². The summed E-state index contributed by atoms with van der Waals surface area (Å²) in [4.78, 5) is 16.2. The highest BCUT2D eigenvalue weighted by atomic mass is 16.5. The lowest BCUT2D eigenvalue weighted by atomic mass is 10.1. The molecule has 0 fully saturated rings. The minimum absolute atomic E-state index is 0.0601. The van der Waals surface area contributed by atoms with Crippen LogP contribution in [0, 0.1) is 0 Å². The van der Waals surface area contributed by atoms with Crippen molar-refractivity contribution < 1.29 is 14.3 Å². The second-order valence-corrected chi connectivity index (χ2v) is 7.17. The highest BCUT2D eigenvalue weighted by molar-refractivity contribution is 5.77. The molecule has 7 heteroatoms. The highest BCUT2D eigenvalue weighted by Gasteiger charge is 2.07. The second kappa shape index (κ2) is 10.8. The van der Waals surface area contributed by atoms with Crippen LogP contribution in [0.2, 0.25) is 0 Å². The summed E-state index contributed by atoms with van der Waals surface area (Å²) in [6, 6.07) is 25.1. The SMILES string of the molecule is O=C(COc1ccc(OCc2ccccc2)cc1)NCc1ccccc1Cn1cncn1. The van der Waals surface area contributed by atoms with E-state index in [1.807, 2.05) is 66.7 Å².